The molecule has 0 radical (unpaired) electrons. The second kappa shape index (κ2) is 5.12. The molecule has 0 aromatic heterocycles. The number of rotatable bonds is 2. The lowest BCUT2D eigenvalue weighted by molar-refractivity contribution is -0.130. The first-order valence-electron chi connectivity index (χ1n) is 7.02. The van der Waals surface area contributed by atoms with Gasteiger partial charge in [-0.15, -0.1) is 0 Å². The topological polar surface area (TPSA) is 58.2 Å². The smallest absolute Gasteiger partial charge is 0.246 e. The second-order valence-electron chi connectivity index (χ2n) is 5.48. The molecule has 1 aromatic rings. The van der Waals surface area contributed by atoms with Crippen molar-refractivity contribution in [3.8, 4) is 0 Å². The van der Waals surface area contributed by atoms with E-state index in [0.717, 1.165) is 30.5 Å². The Balaban J connectivity index is 1.69. The summed E-state index contributed by atoms with van der Waals surface area (Å²) in [4.78, 5) is 24.2. The van der Waals surface area contributed by atoms with E-state index in [4.69, 9.17) is 0 Å². The van der Waals surface area contributed by atoms with E-state index in [9.17, 15) is 9.59 Å². The van der Waals surface area contributed by atoms with Gasteiger partial charge in [-0.1, -0.05) is 30.8 Å². The van der Waals surface area contributed by atoms with Crippen LogP contribution in [0.2, 0.25) is 0 Å². The minimum Gasteiger partial charge on any atom is -0.344 e. The van der Waals surface area contributed by atoms with Crippen molar-refractivity contribution in [1.29, 1.82) is 0 Å². The first-order chi connectivity index (χ1) is 9.65. The first kappa shape index (κ1) is 12.9. The fourth-order valence-corrected chi connectivity index (χ4v) is 3.01. The Bertz CT molecular complexity index is 580. The molecule has 1 heterocycles. The molecule has 4 heteroatoms. The maximum absolute atomic E-state index is 12.4. The third-order valence-electron chi connectivity index (χ3n) is 4.12. The van der Waals surface area contributed by atoms with E-state index < -0.39 is 6.04 Å². The van der Waals surface area contributed by atoms with Crippen molar-refractivity contribution < 1.29 is 9.59 Å². The van der Waals surface area contributed by atoms with Crippen molar-refractivity contribution in [3.63, 3.8) is 0 Å². The van der Waals surface area contributed by atoms with Gasteiger partial charge < -0.3 is 10.6 Å². The van der Waals surface area contributed by atoms with Crippen LogP contribution >= 0.6 is 0 Å². The number of aryl methyl sites for hydroxylation is 1. The van der Waals surface area contributed by atoms with Crippen LogP contribution in [0.4, 0.5) is 0 Å². The highest BCUT2D eigenvalue weighted by Gasteiger charge is 2.32. The van der Waals surface area contributed by atoms with E-state index in [2.05, 4.69) is 23.3 Å². The molecule has 2 atom stereocenters. The fraction of sp³-hybridized carbons (Fsp3) is 0.375. The van der Waals surface area contributed by atoms with Crippen LogP contribution < -0.4 is 10.6 Å². The Morgan fingerprint density at radius 2 is 2.05 bits per heavy atom. The predicted octanol–water partition coefficient (Wildman–Crippen LogP) is 1.62. The summed E-state index contributed by atoms with van der Waals surface area (Å²) < 4.78 is 0. The van der Waals surface area contributed by atoms with Crippen LogP contribution in [0.25, 0.3) is 0 Å². The molecule has 0 saturated carbocycles. The molecule has 2 aliphatic rings. The van der Waals surface area contributed by atoms with Crippen molar-refractivity contribution in [3.05, 3.63) is 47.7 Å². The highest BCUT2D eigenvalue weighted by Crippen LogP contribution is 2.33. The van der Waals surface area contributed by atoms with Crippen molar-refractivity contribution in [2.45, 2.75) is 37.6 Å². The molecule has 0 bridgehead atoms. The molecule has 1 aliphatic heterocycles. The molecule has 3 rings (SSSR count). The molecule has 20 heavy (non-hydrogen) atoms. The average Bonchev–Trinajstić information content (AvgIpc) is 2.86. The number of carbonyl (C=O) groups excluding carboxylic acids is 2. The van der Waals surface area contributed by atoms with Gasteiger partial charge in [-0.3, -0.25) is 9.59 Å². The van der Waals surface area contributed by atoms with Gasteiger partial charge in [-0.2, -0.15) is 0 Å². The highest BCUT2D eigenvalue weighted by atomic mass is 16.2. The summed E-state index contributed by atoms with van der Waals surface area (Å²) in [6.07, 6.45) is 3.11. The van der Waals surface area contributed by atoms with Crippen LogP contribution in [-0.2, 0) is 16.0 Å². The predicted molar refractivity (Wildman–Crippen MR) is 76.0 cm³/mol. The van der Waals surface area contributed by atoms with Crippen molar-refractivity contribution in [2.24, 2.45) is 0 Å². The molecule has 2 amide bonds. The van der Waals surface area contributed by atoms with Crippen molar-refractivity contribution in [1.82, 2.24) is 10.6 Å². The Morgan fingerprint density at radius 1 is 1.25 bits per heavy atom. The lowest BCUT2D eigenvalue weighted by Gasteiger charge is -2.25. The number of piperidine rings is 1. The number of amides is 2. The summed E-state index contributed by atoms with van der Waals surface area (Å²) in [6.45, 7) is 3.74. The van der Waals surface area contributed by atoms with E-state index in [1.807, 2.05) is 18.2 Å². The Morgan fingerprint density at radius 3 is 2.85 bits per heavy atom. The average molecular weight is 270 g/mol. The standard InChI is InChI=1S/C16H18N2O2/c1-10-6-9-14(16(20)17-10)18-15(19)13-8-7-11-4-2-3-5-12(11)13/h2-5,13-14H,1,6-9H2,(H,17,20)(H,18,19)/t13?,14-/m1/s1. The van der Waals surface area contributed by atoms with Gasteiger partial charge >= 0.3 is 0 Å². The second-order valence-corrected chi connectivity index (χ2v) is 5.48. The number of benzene rings is 1. The lowest BCUT2D eigenvalue weighted by Crippen LogP contribution is -2.50. The molecule has 1 unspecified atom stereocenters. The van der Waals surface area contributed by atoms with Crippen LogP contribution in [0.15, 0.2) is 36.5 Å². The number of carbonyl (C=O) groups is 2. The molecule has 2 N–H and O–H groups in total. The molecule has 104 valence electrons. The first-order valence-corrected chi connectivity index (χ1v) is 7.02. The van der Waals surface area contributed by atoms with Crippen molar-refractivity contribution in [2.75, 3.05) is 0 Å². The molecule has 4 nitrogen and oxygen atoms in total. The Kier molecular flexibility index (Phi) is 3.30. The normalized spacial score (nSPS) is 25.0. The summed E-state index contributed by atoms with van der Waals surface area (Å²) in [6, 6.07) is 7.61. The molecule has 0 spiro atoms. The van der Waals surface area contributed by atoms with Crippen LogP contribution in [0.5, 0.6) is 0 Å². The van der Waals surface area contributed by atoms with Gasteiger partial charge in [-0.05, 0) is 36.8 Å². The highest BCUT2D eigenvalue weighted by molar-refractivity contribution is 5.92. The van der Waals surface area contributed by atoms with Gasteiger partial charge in [0.1, 0.15) is 6.04 Å². The quantitative estimate of drug-likeness (QED) is 0.858. The molecular weight excluding hydrogens is 252 g/mol. The Labute approximate surface area is 118 Å². The summed E-state index contributed by atoms with van der Waals surface area (Å²) in [5.41, 5.74) is 3.08. The summed E-state index contributed by atoms with van der Waals surface area (Å²) in [5, 5.41) is 5.58. The molecule has 1 saturated heterocycles. The fourth-order valence-electron chi connectivity index (χ4n) is 3.01. The van der Waals surface area contributed by atoms with Gasteiger partial charge in [0, 0.05) is 5.70 Å². The van der Waals surface area contributed by atoms with Gasteiger partial charge in [0.05, 0.1) is 5.92 Å². The molecular formula is C16H18N2O2. The monoisotopic (exact) mass is 270 g/mol. The summed E-state index contributed by atoms with van der Waals surface area (Å²) in [5.74, 6) is -0.312. The SMILES string of the molecule is C=C1CC[C@@H](NC(=O)C2CCc3ccccc32)C(=O)N1. The maximum Gasteiger partial charge on any atom is 0.246 e. The zero-order valence-corrected chi connectivity index (χ0v) is 11.3. The van der Waals surface area contributed by atoms with Gasteiger partial charge in [-0.25, -0.2) is 0 Å². The van der Waals surface area contributed by atoms with E-state index in [0.29, 0.717) is 6.42 Å². The third kappa shape index (κ3) is 2.33. The van der Waals surface area contributed by atoms with Crippen LogP contribution in [-0.4, -0.2) is 17.9 Å². The van der Waals surface area contributed by atoms with E-state index in [-0.39, 0.29) is 17.7 Å². The van der Waals surface area contributed by atoms with E-state index in [1.54, 1.807) is 0 Å². The van der Waals surface area contributed by atoms with E-state index in [1.165, 1.54) is 5.56 Å². The number of hydrogen-bond acceptors (Lipinski definition) is 2. The van der Waals surface area contributed by atoms with Gasteiger partial charge in [0.2, 0.25) is 11.8 Å². The summed E-state index contributed by atoms with van der Waals surface area (Å²) >= 11 is 0. The van der Waals surface area contributed by atoms with Crippen LogP contribution in [0, 0.1) is 0 Å². The van der Waals surface area contributed by atoms with Gasteiger partial charge in [0.15, 0.2) is 0 Å². The number of allylic oxidation sites excluding steroid dienone is 1. The van der Waals surface area contributed by atoms with E-state index >= 15 is 0 Å². The minimum absolute atomic E-state index is 0.0392. The molecule has 1 fully saturated rings. The van der Waals surface area contributed by atoms with Gasteiger partial charge in [0.25, 0.3) is 0 Å². The lowest BCUT2D eigenvalue weighted by atomic mass is 9.98. The number of hydrogen-bond donors (Lipinski definition) is 2. The largest absolute Gasteiger partial charge is 0.344 e. The number of nitrogens with one attached hydrogen (secondary N) is 2. The van der Waals surface area contributed by atoms with Crippen LogP contribution in [0.1, 0.15) is 36.3 Å². The third-order valence-corrected chi connectivity index (χ3v) is 4.12. The molecule has 1 aromatic carbocycles. The summed E-state index contributed by atoms with van der Waals surface area (Å²) in [7, 11) is 0. The molecule has 1 aliphatic carbocycles. The van der Waals surface area contributed by atoms with Crippen molar-refractivity contribution >= 4 is 11.8 Å². The zero-order chi connectivity index (χ0) is 14.1. The number of fused-ring (bicyclic) bond motifs is 1. The maximum atomic E-state index is 12.4. The van der Waals surface area contributed by atoms with Crippen LogP contribution in [0.3, 0.4) is 0 Å². The minimum atomic E-state index is -0.430. The zero-order valence-electron chi connectivity index (χ0n) is 11.3. The Hall–Kier alpha value is -2.10.